The third kappa shape index (κ3) is 8.99. The Labute approximate surface area is 67.9 Å². The minimum absolute atomic E-state index is 0.949. The normalized spacial score (nSPS) is 10.8. The topological polar surface area (TPSA) is 37.3 Å². The van der Waals surface area contributed by atoms with Crippen LogP contribution in [0.1, 0.15) is 0 Å². The minimum Gasteiger partial charge on any atom is -0.478 e. The first-order valence-corrected chi connectivity index (χ1v) is 6.84. The largest absolute Gasteiger partial charge is 0.478 e. The van der Waals surface area contributed by atoms with Crippen molar-refractivity contribution in [3.05, 3.63) is 12.2 Å². The van der Waals surface area contributed by atoms with Crippen LogP contribution in [-0.2, 0) is 4.79 Å². The molecular formula is C8H12O2Si. The average Bonchev–Trinajstić information content (AvgIpc) is 1.78. The molecule has 0 aliphatic heterocycles. The van der Waals surface area contributed by atoms with Gasteiger partial charge in [-0.25, -0.2) is 4.79 Å². The second kappa shape index (κ2) is 3.99. The summed E-state index contributed by atoms with van der Waals surface area (Å²) in [6, 6.07) is 0. The van der Waals surface area contributed by atoms with Crippen LogP contribution in [0.15, 0.2) is 12.2 Å². The molecule has 0 radical (unpaired) electrons. The zero-order chi connectivity index (χ0) is 8.91. The molecule has 0 bridgehead atoms. The summed E-state index contributed by atoms with van der Waals surface area (Å²) in [6.07, 6.45) is 2.42. The number of hydrogen-bond acceptors (Lipinski definition) is 1. The van der Waals surface area contributed by atoms with Crippen molar-refractivity contribution in [3.63, 3.8) is 0 Å². The average molecular weight is 168 g/mol. The molecule has 0 aliphatic carbocycles. The Hall–Kier alpha value is -1.01. The lowest BCUT2D eigenvalue weighted by Crippen LogP contribution is -2.16. The predicted octanol–water partition coefficient (Wildman–Crippen LogP) is 1.51. The first-order chi connectivity index (χ1) is 4.92. The molecule has 3 heteroatoms. The van der Waals surface area contributed by atoms with Gasteiger partial charge in [-0.1, -0.05) is 25.6 Å². The van der Waals surface area contributed by atoms with Gasteiger partial charge in [0, 0.05) is 6.08 Å². The van der Waals surface area contributed by atoms with Gasteiger partial charge in [0.1, 0.15) is 8.07 Å². The molecule has 2 nitrogen and oxygen atoms in total. The van der Waals surface area contributed by atoms with Crippen LogP contribution >= 0.6 is 0 Å². The number of carboxylic acid groups (broad SMARTS) is 1. The Bertz CT molecular complexity index is 225. The molecule has 0 aromatic rings. The van der Waals surface area contributed by atoms with Crippen LogP contribution in [0.25, 0.3) is 0 Å². The number of allylic oxidation sites excluding steroid dienone is 1. The van der Waals surface area contributed by atoms with Crippen molar-refractivity contribution in [2.45, 2.75) is 19.6 Å². The lowest BCUT2D eigenvalue weighted by Gasteiger charge is -2.01. The number of hydrogen-bond donors (Lipinski definition) is 1. The molecule has 0 aliphatic rings. The highest BCUT2D eigenvalue weighted by atomic mass is 28.3. The number of rotatable bonds is 1. The predicted molar refractivity (Wildman–Crippen MR) is 47.9 cm³/mol. The van der Waals surface area contributed by atoms with E-state index in [0.717, 1.165) is 6.08 Å². The van der Waals surface area contributed by atoms with Gasteiger partial charge in [-0.3, -0.25) is 0 Å². The van der Waals surface area contributed by atoms with Crippen molar-refractivity contribution in [2.24, 2.45) is 0 Å². The number of carboxylic acids is 1. The van der Waals surface area contributed by atoms with Crippen LogP contribution in [0.3, 0.4) is 0 Å². The highest BCUT2D eigenvalue weighted by molar-refractivity contribution is 6.83. The Morgan fingerprint density at radius 2 is 2.00 bits per heavy atom. The fraction of sp³-hybridized carbons (Fsp3) is 0.375. The molecule has 0 fully saturated rings. The molecule has 0 aromatic heterocycles. The van der Waals surface area contributed by atoms with Gasteiger partial charge in [0.05, 0.1) is 0 Å². The van der Waals surface area contributed by atoms with Gasteiger partial charge in [-0.15, -0.1) is 5.54 Å². The fourth-order valence-electron chi connectivity index (χ4n) is 0.371. The van der Waals surface area contributed by atoms with E-state index >= 15 is 0 Å². The molecule has 0 saturated heterocycles. The Morgan fingerprint density at radius 1 is 1.45 bits per heavy atom. The highest BCUT2D eigenvalue weighted by Gasteiger charge is 2.06. The van der Waals surface area contributed by atoms with E-state index in [1.54, 1.807) is 0 Å². The zero-order valence-electron chi connectivity index (χ0n) is 7.01. The van der Waals surface area contributed by atoms with Crippen molar-refractivity contribution in [1.82, 2.24) is 0 Å². The van der Waals surface area contributed by atoms with Crippen LogP contribution in [-0.4, -0.2) is 19.1 Å². The molecule has 0 unspecified atom stereocenters. The van der Waals surface area contributed by atoms with Crippen LogP contribution in [0, 0.1) is 11.5 Å². The van der Waals surface area contributed by atoms with E-state index in [4.69, 9.17) is 5.11 Å². The molecule has 0 saturated carbocycles. The Kier molecular flexibility index (Phi) is 3.62. The first-order valence-electron chi connectivity index (χ1n) is 3.34. The van der Waals surface area contributed by atoms with Crippen LogP contribution in [0.4, 0.5) is 0 Å². The van der Waals surface area contributed by atoms with Gasteiger partial charge < -0.3 is 5.11 Å². The summed E-state index contributed by atoms with van der Waals surface area (Å²) in [4.78, 5) is 9.98. The summed E-state index contributed by atoms with van der Waals surface area (Å²) in [5, 5.41) is 8.20. The molecule has 60 valence electrons. The molecular weight excluding hydrogens is 156 g/mol. The van der Waals surface area contributed by atoms with E-state index in [1.807, 2.05) is 0 Å². The van der Waals surface area contributed by atoms with Crippen LogP contribution < -0.4 is 0 Å². The summed E-state index contributed by atoms with van der Waals surface area (Å²) >= 11 is 0. The smallest absolute Gasteiger partial charge is 0.328 e. The summed E-state index contributed by atoms with van der Waals surface area (Å²) < 4.78 is 0. The highest BCUT2D eigenvalue weighted by Crippen LogP contribution is 1.95. The van der Waals surface area contributed by atoms with Gasteiger partial charge >= 0.3 is 5.97 Å². The molecule has 0 atom stereocenters. The monoisotopic (exact) mass is 168 g/mol. The van der Waals surface area contributed by atoms with E-state index in [-0.39, 0.29) is 0 Å². The number of aliphatic carboxylic acids is 1. The summed E-state index contributed by atoms with van der Waals surface area (Å²) in [6.45, 7) is 6.32. The SMILES string of the molecule is C[Si](C)(C)C#CC=CC(=O)O. The number of carbonyl (C=O) groups is 1. The van der Waals surface area contributed by atoms with Gasteiger partial charge in [0.15, 0.2) is 0 Å². The molecule has 11 heavy (non-hydrogen) atoms. The molecule has 0 amide bonds. The van der Waals surface area contributed by atoms with Crippen molar-refractivity contribution in [2.75, 3.05) is 0 Å². The van der Waals surface area contributed by atoms with E-state index in [9.17, 15) is 4.79 Å². The first kappa shape index (κ1) is 9.99. The van der Waals surface area contributed by atoms with E-state index in [2.05, 4.69) is 31.1 Å². The third-order valence-electron chi connectivity index (χ3n) is 0.756. The fourth-order valence-corrected chi connectivity index (χ4v) is 0.887. The molecule has 0 heterocycles. The van der Waals surface area contributed by atoms with Crippen molar-refractivity contribution >= 4 is 14.0 Å². The second-order valence-electron chi connectivity index (χ2n) is 3.19. The lowest BCUT2D eigenvalue weighted by molar-refractivity contribution is -0.131. The maximum atomic E-state index is 9.98. The van der Waals surface area contributed by atoms with E-state index in [1.165, 1.54) is 6.08 Å². The molecule has 1 N–H and O–H groups in total. The molecule has 0 aromatic carbocycles. The van der Waals surface area contributed by atoms with Crippen molar-refractivity contribution < 1.29 is 9.90 Å². The minimum atomic E-state index is -1.33. The quantitative estimate of drug-likeness (QED) is 0.366. The van der Waals surface area contributed by atoms with Gasteiger partial charge in [-0.05, 0) is 6.08 Å². The van der Waals surface area contributed by atoms with Crippen LogP contribution in [0.5, 0.6) is 0 Å². The third-order valence-corrected chi connectivity index (χ3v) is 1.65. The molecule has 0 rings (SSSR count). The van der Waals surface area contributed by atoms with Gasteiger partial charge in [0.2, 0.25) is 0 Å². The summed E-state index contributed by atoms with van der Waals surface area (Å²) in [5.41, 5.74) is 3.02. The maximum absolute atomic E-state index is 9.98. The zero-order valence-corrected chi connectivity index (χ0v) is 8.01. The lowest BCUT2D eigenvalue weighted by atomic mass is 10.5. The standard InChI is InChI=1S/C8H12O2Si/c1-11(2,3)7-5-4-6-8(9)10/h4,6H,1-3H3,(H,9,10). The van der Waals surface area contributed by atoms with Crippen LogP contribution in [0.2, 0.25) is 19.6 Å². The maximum Gasteiger partial charge on any atom is 0.328 e. The molecule has 0 spiro atoms. The van der Waals surface area contributed by atoms with E-state index in [0.29, 0.717) is 0 Å². The second-order valence-corrected chi connectivity index (χ2v) is 7.94. The van der Waals surface area contributed by atoms with Crippen molar-refractivity contribution in [3.8, 4) is 11.5 Å². The van der Waals surface area contributed by atoms with E-state index < -0.39 is 14.0 Å². The van der Waals surface area contributed by atoms with Gasteiger partial charge in [0.25, 0.3) is 0 Å². The van der Waals surface area contributed by atoms with Gasteiger partial charge in [-0.2, -0.15) is 0 Å². The van der Waals surface area contributed by atoms with Crippen molar-refractivity contribution in [1.29, 1.82) is 0 Å². The Morgan fingerprint density at radius 3 is 2.36 bits per heavy atom. The summed E-state index contributed by atoms with van der Waals surface area (Å²) in [5.74, 6) is 1.76. The summed E-state index contributed by atoms with van der Waals surface area (Å²) in [7, 11) is -1.33. The Balaban J connectivity index is 4.02.